The van der Waals surface area contributed by atoms with E-state index >= 15 is 0 Å². The smallest absolute Gasteiger partial charge is 0.344 e. The molecule has 0 aliphatic heterocycles. The minimum atomic E-state index is -0.720. The molecule has 0 aliphatic rings. The molecule has 0 saturated heterocycles. The van der Waals surface area contributed by atoms with Gasteiger partial charge in [0.1, 0.15) is 5.75 Å². The molecule has 0 saturated carbocycles. The monoisotopic (exact) mass is 387 g/mol. The number of carbonyl (C=O) groups excluding carboxylic acids is 3. The molecule has 0 atom stereocenters. The van der Waals surface area contributed by atoms with E-state index in [0.29, 0.717) is 22.7 Å². The summed E-state index contributed by atoms with van der Waals surface area (Å²) >= 11 is 0. The van der Waals surface area contributed by atoms with Crippen molar-refractivity contribution in [2.45, 2.75) is 6.92 Å². The van der Waals surface area contributed by atoms with E-state index in [4.69, 9.17) is 18.9 Å². The number of ketones is 1. The Bertz CT molecular complexity index is 846. The van der Waals surface area contributed by atoms with Gasteiger partial charge < -0.3 is 24.3 Å². The van der Waals surface area contributed by atoms with E-state index in [0.717, 1.165) is 0 Å². The summed E-state index contributed by atoms with van der Waals surface area (Å²) in [7, 11) is 2.97. The van der Waals surface area contributed by atoms with Gasteiger partial charge in [-0.1, -0.05) is 0 Å². The van der Waals surface area contributed by atoms with Crippen molar-refractivity contribution in [2.24, 2.45) is 0 Å². The molecule has 8 nitrogen and oxygen atoms in total. The largest absolute Gasteiger partial charge is 0.497 e. The van der Waals surface area contributed by atoms with Crippen LogP contribution in [0.4, 0.5) is 5.69 Å². The van der Waals surface area contributed by atoms with Crippen molar-refractivity contribution in [1.29, 1.82) is 0 Å². The Morgan fingerprint density at radius 3 is 2.21 bits per heavy atom. The summed E-state index contributed by atoms with van der Waals surface area (Å²) in [5.41, 5.74) is 1.01. The average Bonchev–Trinajstić information content (AvgIpc) is 2.71. The van der Waals surface area contributed by atoms with Crippen molar-refractivity contribution in [3.8, 4) is 17.2 Å². The Morgan fingerprint density at radius 1 is 0.893 bits per heavy atom. The van der Waals surface area contributed by atoms with Crippen LogP contribution in [0.5, 0.6) is 17.2 Å². The second kappa shape index (κ2) is 9.96. The van der Waals surface area contributed by atoms with Crippen molar-refractivity contribution < 1.29 is 33.3 Å². The molecule has 0 radical (unpaired) electrons. The van der Waals surface area contributed by atoms with Crippen molar-refractivity contribution in [3.05, 3.63) is 48.0 Å². The Hall–Kier alpha value is -3.55. The van der Waals surface area contributed by atoms with Crippen LogP contribution in [0.2, 0.25) is 0 Å². The SMILES string of the molecule is COc1ccc(NC(=O)COC(=O)COc2ccc(C(C)=O)cc2OC)cc1. The van der Waals surface area contributed by atoms with Gasteiger partial charge in [0.05, 0.1) is 14.2 Å². The number of rotatable bonds is 9. The fourth-order valence-corrected chi connectivity index (χ4v) is 2.20. The molecule has 0 heterocycles. The molecule has 2 aromatic rings. The molecule has 2 aromatic carbocycles. The number of benzene rings is 2. The topological polar surface area (TPSA) is 100 Å². The van der Waals surface area contributed by atoms with Crippen molar-refractivity contribution in [2.75, 3.05) is 32.8 Å². The lowest BCUT2D eigenvalue weighted by Crippen LogP contribution is -2.23. The summed E-state index contributed by atoms with van der Waals surface area (Å²) in [6.45, 7) is 0.573. The Kier molecular flexibility index (Phi) is 7.38. The fraction of sp³-hybridized carbons (Fsp3) is 0.250. The quantitative estimate of drug-likeness (QED) is 0.521. The van der Waals surface area contributed by atoms with E-state index in [9.17, 15) is 14.4 Å². The zero-order valence-electron chi connectivity index (χ0n) is 15.8. The van der Waals surface area contributed by atoms with Gasteiger partial charge in [-0.05, 0) is 49.4 Å². The normalized spacial score (nSPS) is 9.96. The standard InChI is InChI=1S/C20H21NO7/c1-13(22)14-4-9-17(18(10-14)26-3)27-12-20(24)28-11-19(23)21-15-5-7-16(25-2)8-6-15/h4-10H,11-12H2,1-3H3,(H,21,23). The molecule has 8 heteroatoms. The number of ether oxygens (including phenoxy) is 4. The predicted octanol–water partition coefficient (Wildman–Crippen LogP) is 2.47. The highest BCUT2D eigenvalue weighted by Crippen LogP contribution is 2.28. The highest BCUT2D eigenvalue weighted by molar-refractivity contribution is 5.95. The molecule has 0 bridgehead atoms. The Labute approximate surface area is 162 Å². The summed E-state index contributed by atoms with van der Waals surface area (Å²) in [6.07, 6.45) is 0. The third-order valence-electron chi connectivity index (χ3n) is 3.65. The van der Waals surface area contributed by atoms with Gasteiger partial charge >= 0.3 is 5.97 Å². The van der Waals surface area contributed by atoms with E-state index in [1.54, 1.807) is 37.4 Å². The number of esters is 1. The molecule has 0 aromatic heterocycles. The van der Waals surface area contributed by atoms with Crippen LogP contribution in [0, 0.1) is 0 Å². The third kappa shape index (κ3) is 6.01. The summed E-state index contributed by atoms with van der Waals surface area (Å²) in [4.78, 5) is 35.0. The van der Waals surface area contributed by atoms with Gasteiger partial charge in [0.2, 0.25) is 0 Å². The highest BCUT2D eigenvalue weighted by atomic mass is 16.6. The first-order valence-electron chi connectivity index (χ1n) is 8.34. The van der Waals surface area contributed by atoms with Crippen LogP contribution in [0.1, 0.15) is 17.3 Å². The van der Waals surface area contributed by atoms with Gasteiger partial charge in [0.15, 0.2) is 30.5 Å². The average molecular weight is 387 g/mol. The molecule has 0 aliphatic carbocycles. The summed E-state index contributed by atoms with van der Waals surface area (Å²) in [5.74, 6) is -0.0603. The molecule has 1 amide bonds. The first kappa shape index (κ1) is 20.8. The molecule has 0 unspecified atom stereocenters. The van der Waals surface area contributed by atoms with E-state index < -0.39 is 25.1 Å². The zero-order chi connectivity index (χ0) is 20.5. The molecule has 148 valence electrons. The molecular weight excluding hydrogens is 366 g/mol. The van der Waals surface area contributed by atoms with Crippen LogP contribution in [-0.4, -0.2) is 45.1 Å². The van der Waals surface area contributed by atoms with Crippen LogP contribution in [-0.2, 0) is 14.3 Å². The number of Topliss-reactive ketones (excluding diaryl/α,β-unsaturated/α-hetero) is 1. The van der Waals surface area contributed by atoms with Crippen LogP contribution < -0.4 is 19.5 Å². The molecular formula is C20H21NO7. The Morgan fingerprint density at radius 2 is 1.61 bits per heavy atom. The number of amides is 1. The summed E-state index contributed by atoms with van der Waals surface area (Å²) in [6, 6.07) is 11.3. The fourth-order valence-electron chi connectivity index (χ4n) is 2.20. The lowest BCUT2D eigenvalue weighted by molar-refractivity contribution is -0.149. The van der Waals surface area contributed by atoms with Crippen molar-refractivity contribution >= 4 is 23.3 Å². The molecule has 2 rings (SSSR count). The number of anilines is 1. The van der Waals surface area contributed by atoms with E-state index in [1.165, 1.54) is 26.2 Å². The van der Waals surface area contributed by atoms with Crippen LogP contribution >= 0.6 is 0 Å². The lowest BCUT2D eigenvalue weighted by Gasteiger charge is -2.11. The maximum Gasteiger partial charge on any atom is 0.344 e. The third-order valence-corrected chi connectivity index (χ3v) is 3.65. The maximum absolute atomic E-state index is 11.8. The predicted molar refractivity (Wildman–Crippen MR) is 101 cm³/mol. The van der Waals surface area contributed by atoms with Crippen LogP contribution in [0.25, 0.3) is 0 Å². The Balaban J connectivity index is 1.80. The first-order valence-corrected chi connectivity index (χ1v) is 8.34. The number of nitrogens with one attached hydrogen (secondary N) is 1. The molecule has 1 N–H and O–H groups in total. The van der Waals surface area contributed by atoms with Crippen LogP contribution in [0.3, 0.4) is 0 Å². The van der Waals surface area contributed by atoms with Crippen molar-refractivity contribution in [3.63, 3.8) is 0 Å². The second-order valence-corrected chi connectivity index (χ2v) is 5.65. The number of methoxy groups -OCH3 is 2. The van der Waals surface area contributed by atoms with Gasteiger partial charge in [0.25, 0.3) is 5.91 Å². The zero-order valence-corrected chi connectivity index (χ0v) is 15.8. The number of hydrogen-bond acceptors (Lipinski definition) is 7. The highest BCUT2D eigenvalue weighted by Gasteiger charge is 2.12. The van der Waals surface area contributed by atoms with E-state index in [2.05, 4.69) is 5.32 Å². The van der Waals surface area contributed by atoms with Gasteiger partial charge in [-0.2, -0.15) is 0 Å². The van der Waals surface area contributed by atoms with Gasteiger partial charge in [-0.3, -0.25) is 9.59 Å². The number of carbonyl (C=O) groups is 3. The first-order chi connectivity index (χ1) is 13.4. The maximum atomic E-state index is 11.8. The minimum absolute atomic E-state index is 0.118. The van der Waals surface area contributed by atoms with Gasteiger partial charge in [0, 0.05) is 11.3 Å². The van der Waals surface area contributed by atoms with E-state index in [-0.39, 0.29) is 11.5 Å². The molecule has 28 heavy (non-hydrogen) atoms. The summed E-state index contributed by atoms with van der Waals surface area (Å²) in [5, 5.41) is 2.59. The summed E-state index contributed by atoms with van der Waals surface area (Å²) < 4.78 is 20.4. The van der Waals surface area contributed by atoms with Gasteiger partial charge in [-0.15, -0.1) is 0 Å². The van der Waals surface area contributed by atoms with Crippen molar-refractivity contribution in [1.82, 2.24) is 0 Å². The number of hydrogen-bond donors (Lipinski definition) is 1. The van der Waals surface area contributed by atoms with Crippen LogP contribution in [0.15, 0.2) is 42.5 Å². The minimum Gasteiger partial charge on any atom is -0.497 e. The van der Waals surface area contributed by atoms with E-state index in [1.807, 2.05) is 0 Å². The lowest BCUT2D eigenvalue weighted by atomic mass is 10.1. The second-order valence-electron chi connectivity index (χ2n) is 5.65. The van der Waals surface area contributed by atoms with Gasteiger partial charge in [-0.25, -0.2) is 4.79 Å². The molecule has 0 fully saturated rings. The molecule has 0 spiro atoms.